The van der Waals surface area contributed by atoms with E-state index < -0.39 is 29.3 Å². The summed E-state index contributed by atoms with van der Waals surface area (Å²) in [5.41, 5.74) is 0.148. The Morgan fingerprint density at radius 2 is 2.07 bits per heavy atom. The SMILES string of the molecule is CC(=O)c1c(S(=O)Cc2cc(C)on2)nc2c(Br)ccc(Cl)c2c1NCC(F)(F)F. The number of anilines is 1. The van der Waals surface area contributed by atoms with Crippen LogP contribution in [0, 0.1) is 6.92 Å². The Balaban J connectivity index is 2.25. The molecule has 0 aliphatic carbocycles. The van der Waals surface area contributed by atoms with E-state index >= 15 is 0 Å². The first-order valence-electron chi connectivity index (χ1n) is 8.41. The molecule has 6 nitrogen and oxygen atoms in total. The molecule has 30 heavy (non-hydrogen) atoms. The zero-order valence-electron chi connectivity index (χ0n) is 15.6. The van der Waals surface area contributed by atoms with Crippen molar-refractivity contribution in [3.63, 3.8) is 0 Å². The number of halogens is 5. The van der Waals surface area contributed by atoms with Crippen LogP contribution in [0.5, 0.6) is 0 Å². The molecule has 0 saturated heterocycles. The van der Waals surface area contributed by atoms with Gasteiger partial charge >= 0.3 is 6.18 Å². The normalized spacial score (nSPS) is 12.9. The van der Waals surface area contributed by atoms with Gasteiger partial charge in [0.25, 0.3) is 0 Å². The lowest BCUT2D eigenvalue weighted by Crippen LogP contribution is -2.23. The number of nitrogens with zero attached hydrogens (tertiary/aromatic N) is 2. The van der Waals surface area contributed by atoms with Gasteiger partial charge in [-0.15, -0.1) is 0 Å². The van der Waals surface area contributed by atoms with Gasteiger partial charge in [-0.2, -0.15) is 13.2 Å². The van der Waals surface area contributed by atoms with E-state index in [9.17, 15) is 22.2 Å². The standard InChI is InChI=1S/C18H14BrClF3N3O3S/c1-8-5-10(26-29-8)6-30(28)17-13(9(2)27)16(24-7-18(21,22)23)14-12(20)4-3-11(19)15(14)25-17/h3-5H,6-7H2,1-2H3,(H,24,25). The number of carbonyl (C=O) groups excluding carboxylic acids is 1. The molecule has 1 N–H and O–H groups in total. The van der Waals surface area contributed by atoms with Gasteiger partial charge in [-0.25, -0.2) is 4.98 Å². The summed E-state index contributed by atoms with van der Waals surface area (Å²) in [4.78, 5) is 16.8. The summed E-state index contributed by atoms with van der Waals surface area (Å²) in [6, 6.07) is 4.60. The van der Waals surface area contributed by atoms with Crippen molar-refractivity contribution < 1.29 is 26.7 Å². The van der Waals surface area contributed by atoms with Crippen molar-refractivity contribution in [2.45, 2.75) is 30.8 Å². The fraction of sp³-hybridized carbons (Fsp3) is 0.278. The maximum atomic E-state index is 13.1. The average Bonchev–Trinajstić information content (AvgIpc) is 3.05. The third-order valence-electron chi connectivity index (χ3n) is 3.99. The van der Waals surface area contributed by atoms with E-state index in [0.717, 1.165) is 6.92 Å². The van der Waals surface area contributed by atoms with E-state index in [1.807, 2.05) is 0 Å². The van der Waals surface area contributed by atoms with Crippen LogP contribution in [-0.2, 0) is 16.6 Å². The highest BCUT2D eigenvalue weighted by atomic mass is 79.9. The van der Waals surface area contributed by atoms with E-state index in [4.69, 9.17) is 16.1 Å². The minimum absolute atomic E-state index is 0.0948. The number of nitrogens with one attached hydrogen (secondary N) is 1. The van der Waals surface area contributed by atoms with Gasteiger partial charge < -0.3 is 9.84 Å². The van der Waals surface area contributed by atoms with Crippen LogP contribution in [0.4, 0.5) is 18.9 Å². The smallest absolute Gasteiger partial charge is 0.375 e. The Bertz CT molecular complexity index is 1170. The van der Waals surface area contributed by atoms with Crippen LogP contribution in [0.3, 0.4) is 0 Å². The van der Waals surface area contributed by atoms with Crippen LogP contribution in [0.1, 0.15) is 28.7 Å². The number of hydrogen-bond donors (Lipinski definition) is 1. The van der Waals surface area contributed by atoms with Crippen molar-refractivity contribution in [3.8, 4) is 0 Å². The summed E-state index contributed by atoms with van der Waals surface area (Å²) in [6.45, 7) is 1.41. The van der Waals surface area contributed by atoms with E-state index in [-0.39, 0.29) is 38.0 Å². The molecule has 12 heteroatoms. The zero-order chi connectivity index (χ0) is 22.2. The highest BCUT2D eigenvalue weighted by molar-refractivity contribution is 9.10. The zero-order valence-corrected chi connectivity index (χ0v) is 18.7. The summed E-state index contributed by atoms with van der Waals surface area (Å²) in [6.07, 6.45) is -4.56. The van der Waals surface area contributed by atoms with E-state index in [2.05, 4.69) is 31.4 Å². The number of alkyl halides is 3. The lowest BCUT2D eigenvalue weighted by atomic mass is 10.1. The second kappa shape index (κ2) is 8.64. The number of aryl methyl sites for hydroxylation is 1. The molecule has 0 aliphatic heterocycles. The first-order chi connectivity index (χ1) is 14.0. The molecule has 0 amide bonds. The molecule has 0 spiro atoms. The Labute approximate surface area is 184 Å². The molecule has 0 aliphatic rings. The molecule has 1 atom stereocenters. The van der Waals surface area contributed by atoms with Crippen LogP contribution < -0.4 is 5.32 Å². The quantitative estimate of drug-likeness (QED) is 0.433. The van der Waals surface area contributed by atoms with Crippen molar-refractivity contribution in [2.24, 2.45) is 0 Å². The number of pyridine rings is 1. The molecule has 0 bridgehead atoms. The fourth-order valence-electron chi connectivity index (χ4n) is 2.82. The van der Waals surface area contributed by atoms with Gasteiger partial charge in [0.2, 0.25) is 0 Å². The molecule has 0 radical (unpaired) electrons. The second-order valence-corrected chi connectivity index (χ2v) is 8.99. The van der Waals surface area contributed by atoms with Gasteiger partial charge in [0.05, 0.1) is 44.0 Å². The maximum absolute atomic E-state index is 13.1. The van der Waals surface area contributed by atoms with Gasteiger partial charge in [0.1, 0.15) is 17.3 Å². The molecule has 0 saturated carbocycles. The summed E-state index contributed by atoms with van der Waals surface area (Å²) in [5.74, 6) is -0.236. The van der Waals surface area contributed by atoms with Crippen molar-refractivity contribution in [2.75, 3.05) is 11.9 Å². The lowest BCUT2D eigenvalue weighted by molar-refractivity contribution is -0.115. The third-order valence-corrected chi connectivity index (χ3v) is 6.23. The second-order valence-electron chi connectivity index (χ2n) is 6.36. The Morgan fingerprint density at radius 3 is 2.63 bits per heavy atom. The molecule has 3 rings (SSSR count). The van der Waals surface area contributed by atoms with Crippen LogP contribution in [0.2, 0.25) is 5.02 Å². The van der Waals surface area contributed by atoms with Gasteiger partial charge in [0, 0.05) is 15.9 Å². The van der Waals surface area contributed by atoms with Gasteiger partial charge in [0.15, 0.2) is 5.78 Å². The first kappa shape index (κ1) is 22.7. The largest absolute Gasteiger partial charge is 0.405 e. The van der Waals surface area contributed by atoms with Crippen molar-refractivity contribution in [1.29, 1.82) is 0 Å². The number of aromatic nitrogens is 2. The Morgan fingerprint density at radius 1 is 1.37 bits per heavy atom. The number of carbonyl (C=O) groups is 1. The number of rotatable bonds is 6. The van der Waals surface area contributed by atoms with Gasteiger partial charge in [-0.3, -0.25) is 9.00 Å². The van der Waals surface area contributed by atoms with Crippen molar-refractivity contribution in [3.05, 3.63) is 44.7 Å². The summed E-state index contributed by atoms with van der Waals surface area (Å²) in [7, 11) is -1.90. The lowest BCUT2D eigenvalue weighted by Gasteiger charge is -2.19. The molecular weight excluding hydrogens is 511 g/mol. The highest BCUT2D eigenvalue weighted by Gasteiger charge is 2.30. The Kier molecular flexibility index (Phi) is 6.54. The molecule has 1 unspecified atom stereocenters. The summed E-state index contributed by atoms with van der Waals surface area (Å²) >= 11 is 9.52. The van der Waals surface area contributed by atoms with Gasteiger partial charge in [-0.05, 0) is 41.9 Å². The van der Waals surface area contributed by atoms with E-state index in [1.54, 1.807) is 19.1 Å². The topological polar surface area (TPSA) is 85.1 Å². The predicted octanol–water partition coefficient (Wildman–Crippen LogP) is 5.43. The summed E-state index contributed by atoms with van der Waals surface area (Å²) < 4.78 is 57.2. The van der Waals surface area contributed by atoms with Crippen molar-refractivity contribution >= 4 is 60.7 Å². The summed E-state index contributed by atoms with van der Waals surface area (Å²) in [5, 5.41) is 6.07. The number of hydrogen-bond acceptors (Lipinski definition) is 6. The van der Waals surface area contributed by atoms with E-state index in [0.29, 0.717) is 15.9 Å². The number of benzene rings is 1. The third kappa shape index (κ3) is 4.84. The van der Waals surface area contributed by atoms with Gasteiger partial charge in [-0.1, -0.05) is 16.8 Å². The molecule has 2 heterocycles. The number of Topliss-reactive ketones (excluding diaryl/α,β-unsaturated/α-hetero) is 1. The van der Waals surface area contributed by atoms with Crippen LogP contribution in [0.25, 0.3) is 10.9 Å². The molecular formula is C18H14BrClF3N3O3S. The monoisotopic (exact) mass is 523 g/mol. The van der Waals surface area contributed by atoms with E-state index in [1.165, 1.54) is 6.07 Å². The fourth-order valence-corrected chi connectivity index (χ4v) is 4.70. The molecule has 0 fully saturated rings. The van der Waals surface area contributed by atoms with Crippen LogP contribution >= 0.6 is 27.5 Å². The molecule has 3 aromatic rings. The number of ketones is 1. The van der Waals surface area contributed by atoms with Crippen LogP contribution in [0.15, 0.2) is 32.2 Å². The average molecular weight is 525 g/mol. The minimum atomic E-state index is -4.56. The molecule has 160 valence electrons. The highest BCUT2D eigenvalue weighted by Crippen LogP contribution is 2.39. The maximum Gasteiger partial charge on any atom is 0.405 e. The molecule has 1 aromatic carbocycles. The first-order valence-corrected chi connectivity index (χ1v) is 10.9. The predicted molar refractivity (Wildman–Crippen MR) is 110 cm³/mol. The molecule has 2 aromatic heterocycles. The van der Waals surface area contributed by atoms with Crippen molar-refractivity contribution in [1.82, 2.24) is 10.1 Å². The Hall–Kier alpha value is -1.98. The van der Waals surface area contributed by atoms with Crippen LogP contribution in [-0.4, -0.2) is 32.9 Å². The number of fused-ring (bicyclic) bond motifs is 1. The minimum Gasteiger partial charge on any atom is -0.375 e.